The van der Waals surface area contributed by atoms with E-state index in [0.29, 0.717) is 14.7 Å². The Morgan fingerprint density at radius 1 is 1.12 bits per heavy atom. The lowest BCUT2D eigenvalue weighted by atomic mass is 10.2. The minimum atomic E-state index is -4.68. The van der Waals surface area contributed by atoms with Crippen molar-refractivity contribution < 1.29 is 26.4 Å². The van der Waals surface area contributed by atoms with Crippen molar-refractivity contribution in [2.75, 3.05) is 16.2 Å². The fourth-order valence-corrected chi connectivity index (χ4v) is 6.10. The molecule has 1 aromatic heterocycles. The third kappa shape index (κ3) is 6.45. The Kier molecular flexibility index (Phi) is 7.65. The molecule has 13 heteroatoms. The number of thioether (sulfide) groups is 1. The second kappa shape index (κ2) is 10.1. The second-order valence-corrected chi connectivity index (χ2v) is 11.6. The zero-order valence-electron chi connectivity index (χ0n) is 17.4. The van der Waals surface area contributed by atoms with Gasteiger partial charge in [0.1, 0.15) is 6.54 Å². The van der Waals surface area contributed by atoms with Crippen LogP contribution in [0.15, 0.2) is 63.8 Å². The van der Waals surface area contributed by atoms with Crippen molar-refractivity contribution in [2.45, 2.75) is 34.5 Å². The van der Waals surface area contributed by atoms with Gasteiger partial charge in [0.25, 0.3) is 10.0 Å². The van der Waals surface area contributed by atoms with Crippen molar-refractivity contribution in [3.63, 3.8) is 0 Å². The number of alkyl halides is 3. The molecule has 1 N–H and O–H groups in total. The number of amides is 1. The molecule has 0 fully saturated rings. The summed E-state index contributed by atoms with van der Waals surface area (Å²) in [6.45, 7) is 3.17. The summed E-state index contributed by atoms with van der Waals surface area (Å²) >= 11 is 2.56. The molecule has 0 aliphatic rings. The van der Waals surface area contributed by atoms with E-state index in [2.05, 4.69) is 15.5 Å². The van der Waals surface area contributed by atoms with Crippen molar-refractivity contribution in [1.82, 2.24) is 10.2 Å². The maximum atomic E-state index is 13.2. The van der Waals surface area contributed by atoms with E-state index in [4.69, 9.17) is 0 Å². The molecule has 1 heterocycles. The molecule has 2 aromatic carbocycles. The number of carbonyl (C=O) groups is 1. The molecule has 7 nitrogen and oxygen atoms in total. The van der Waals surface area contributed by atoms with Crippen LogP contribution in [-0.4, -0.2) is 36.3 Å². The predicted octanol–water partition coefficient (Wildman–Crippen LogP) is 4.89. The largest absolute Gasteiger partial charge is 0.416 e. The molecule has 0 saturated carbocycles. The molecule has 33 heavy (non-hydrogen) atoms. The molecule has 176 valence electrons. The van der Waals surface area contributed by atoms with E-state index in [0.717, 1.165) is 23.5 Å². The highest BCUT2D eigenvalue weighted by Crippen LogP contribution is 2.33. The van der Waals surface area contributed by atoms with E-state index in [9.17, 15) is 26.4 Å². The van der Waals surface area contributed by atoms with Crippen LogP contribution in [0.5, 0.6) is 0 Å². The Balaban J connectivity index is 1.93. The normalized spacial score (nSPS) is 12.1. The number of hydrogen-bond donors (Lipinski definition) is 1. The molecule has 3 rings (SSSR count). The maximum absolute atomic E-state index is 13.2. The summed E-state index contributed by atoms with van der Waals surface area (Å²) in [5.41, 5.74) is -1.33. The molecule has 0 saturated heterocycles. The average molecular weight is 517 g/mol. The number of hydrogen-bond acceptors (Lipinski definition) is 7. The lowest BCUT2D eigenvalue weighted by Crippen LogP contribution is -2.38. The van der Waals surface area contributed by atoms with Gasteiger partial charge in [-0.25, -0.2) is 8.42 Å². The van der Waals surface area contributed by atoms with Gasteiger partial charge in [0.15, 0.2) is 4.34 Å². The third-order valence-electron chi connectivity index (χ3n) is 4.07. The number of rotatable bonds is 8. The summed E-state index contributed by atoms with van der Waals surface area (Å²) in [6.07, 6.45) is -4.68. The van der Waals surface area contributed by atoms with Gasteiger partial charge in [0, 0.05) is 5.25 Å². The predicted molar refractivity (Wildman–Crippen MR) is 122 cm³/mol. The van der Waals surface area contributed by atoms with E-state index in [-0.39, 0.29) is 21.0 Å². The van der Waals surface area contributed by atoms with Gasteiger partial charge in [0.2, 0.25) is 11.0 Å². The van der Waals surface area contributed by atoms with Crippen LogP contribution in [0, 0.1) is 0 Å². The molecule has 0 atom stereocenters. The molecule has 0 spiro atoms. The van der Waals surface area contributed by atoms with Crippen LogP contribution in [0.2, 0.25) is 0 Å². The van der Waals surface area contributed by atoms with Gasteiger partial charge in [-0.2, -0.15) is 13.2 Å². The van der Waals surface area contributed by atoms with Crippen molar-refractivity contribution in [3.8, 4) is 0 Å². The van der Waals surface area contributed by atoms with Gasteiger partial charge in [-0.3, -0.25) is 14.4 Å². The molecular weight excluding hydrogens is 497 g/mol. The highest BCUT2D eigenvalue weighted by molar-refractivity contribution is 8.01. The monoisotopic (exact) mass is 516 g/mol. The van der Waals surface area contributed by atoms with Crippen molar-refractivity contribution in [2.24, 2.45) is 0 Å². The summed E-state index contributed by atoms with van der Waals surface area (Å²) in [7, 11) is -4.35. The first kappa shape index (κ1) is 25.0. The van der Waals surface area contributed by atoms with E-state index in [1.807, 2.05) is 13.8 Å². The Morgan fingerprint density at radius 3 is 2.45 bits per heavy atom. The minimum absolute atomic E-state index is 0.157. The van der Waals surface area contributed by atoms with Crippen LogP contribution in [0.25, 0.3) is 0 Å². The molecule has 0 radical (unpaired) electrons. The second-order valence-electron chi connectivity index (χ2n) is 6.96. The standard InChI is InChI=1S/C20H19F3N4O3S3/c1-13(2)31-19-26-25-18(32-19)24-17(28)12-27(33(29,30)16-9-4-3-5-10-16)15-8-6-7-14(11-15)20(21,22)23/h3-11,13H,12H2,1-2H3,(H,24,25,28). The van der Waals surface area contributed by atoms with Gasteiger partial charge in [-0.05, 0) is 30.3 Å². The van der Waals surface area contributed by atoms with Crippen molar-refractivity contribution in [1.29, 1.82) is 0 Å². The number of benzene rings is 2. The fourth-order valence-electron chi connectivity index (χ4n) is 2.67. The Bertz CT molecular complexity index is 1220. The Labute approximate surface area is 197 Å². The molecule has 0 aliphatic carbocycles. The smallest absolute Gasteiger partial charge is 0.299 e. The van der Waals surface area contributed by atoms with Crippen molar-refractivity contribution >= 4 is 49.8 Å². The summed E-state index contributed by atoms with van der Waals surface area (Å²) in [6, 6.07) is 11.0. The molecule has 3 aromatic rings. The van der Waals surface area contributed by atoms with Gasteiger partial charge in [-0.15, -0.1) is 10.2 Å². The summed E-state index contributed by atoms with van der Waals surface area (Å²) < 4.78 is 67.4. The van der Waals surface area contributed by atoms with Crippen LogP contribution in [-0.2, 0) is 21.0 Å². The SMILES string of the molecule is CC(C)Sc1nnc(NC(=O)CN(c2cccc(C(F)(F)F)c2)S(=O)(=O)c2ccccc2)s1. The zero-order chi connectivity index (χ0) is 24.2. The van der Waals surface area contributed by atoms with Crippen molar-refractivity contribution in [3.05, 3.63) is 60.2 Å². The number of aromatic nitrogens is 2. The minimum Gasteiger partial charge on any atom is -0.299 e. The topological polar surface area (TPSA) is 92.3 Å². The highest BCUT2D eigenvalue weighted by atomic mass is 32.2. The molecular formula is C20H19F3N4O3S3. The summed E-state index contributed by atoms with van der Waals surface area (Å²) in [5, 5.41) is 10.7. The van der Waals surface area contributed by atoms with E-state index >= 15 is 0 Å². The highest BCUT2D eigenvalue weighted by Gasteiger charge is 2.33. The first-order valence-corrected chi connectivity index (χ1v) is 12.7. The quantitative estimate of drug-likeness (QED) is 0.339. The fraction of sp³-hybridized carbons (Fsp3) is 0.250. The number of halogens is 3. The number of nitrogens with zero attached hydrogens (tertiary/aromatic N) is 3. The van der Waals surface area contributed by atoms with Crippen LogP contribution < -0.4 is 9.62 Å². The summed E-state index contributed by atoms with van der Waals surface area (Å²) in [4.78, 5) is 12.5. The Hall–Kier alpha value is -2.64. The molecule has 0 bridgehead atoms. The van der Waals surface area contributed by atoms with E-state index in [1.54, 1.807) is 6.07 Å². The molecule has 1 amide bonds. The number of anilines is 2. The maximum Gasteiger partial charge on any atom is 0.416 e. The van der Waals surface area contributed by atoms with E-state index < -0.39 is 34.2 Å². The lowest BCUT2D eigenvalue weighted by Gasteiger charge is -2.24. The van der Waals surface area contributed by atoms with Crippen LogP contribution in [0.1, 0.15) is 19.4 Å². The first-order chi connectivity index (χ1) is 15.5. The van der Waals surface area contributed by atoms with Gasteiger partial charge in [0.05, 0.1) is 16.1 Å². The Morgan fingerprint density at radius 2 is 1.82 bits per heavy atom. The van der Waals surface area contributed by atoms with Gasteiger partial charge in [-0.1, -0.05) is 61.2 Å². The van der Waals surface area contributed by atoms with E-state index in [1.165, 1.54) is 42.1 Å². The van der Waals surface area contributed by atoms with Crippen LogP contribution in [0.3, 0.4) is 0 Å². The zero-order valence-corrected chi connectivity index (χ0v) is 19.9. The molecule has 0 aliphatic heterocycles. The van der Waals surface area contributed by atoms with Crippen LogP contribution >= 0.6 is 23.1 Å². The summed E-state index contributed by atoms with van der Waals surface area (Å²) in [5.74, 6) is -0.774. The number of nitrogens with one attached hydrogen (secondary N) is 1. The lowest BCUT2D eigenvalue weighted by molar-refractivity contribution is -0.137. The average Bonchev–Trinajstić information content (AvgIpc) is 3.18. The van der Waals surface area contributed by atoms with Gasteiger partial charge >= 0.3 is 6.18 Å². The van der Waals surface area contributed by atoms with Gasteiger partial charge < -0.3 is 0 Å². The number of sulfonamides is 1. The third-order valence-corrected chi connectivity index (χ3v) is 7.78. The van der Waals surface area contributed by atoms with Crippen LogP contribution in [0.4, 0.5) is 24.0 Å². The molecule has 0 unspecified atom stereocenters. The number of carbonyl (C=O) groups excluding carboxylic acids is 1. The first-order valence-electron chi connectivity index (χ1n) is 9.52.